The van der Waals surface area contributed by atoms with Crippen molar-refractivity contribution in [1.29, 1.82) is 0 Å². The molecule has 0 spiro atoms. The van der Waals surface area contributed by atoms with E-state index in [1.807, 2.05) is 12.4 Å². The van der Waals surface area contributed by atoms with Gasteiger partial charge in [0.15, 0.2) is 0 Å². The second kappa shape index (κ2) is 8.11. The Morgan fingerprint density at radius 1 is 1.22 bits per heavy atom. The van der Waals surface area contributed by atoms with Gasteiger partial charge in [0.1, 0.15) is 5.82 Å². The lowest BCUT2D eigenvalue weighted by atomic mass is 10.1. The number of aromatic nitrogens is 3. The fourth-order valence-electron chi connectivity index (χ4n) is 2.83. The van der Waals surface area contributed by atoms with E-state index in [-0.39, 0.29) is 0 Å². The van der Waals surface area contributed by atoms with E-state index in [0.717, 1.165) is 43.1 Å². The monoisotopic (exact) mass is 315 g/mol. The van der Waals surface area contributed by atoms with Crippen LogP contribution in [0.1, 0.15) is 32.8 Å². The molecule has 0 saturated heterocycles. The molecule has 1 N–H and O–H groups in total. The number of H-pyrrole nitrogens is 1. The molecule has 0 fully saturated rings. The minimum Gasteiger partial charge on any atom is -0.359 e. The Bertz CT molecular complexity index is 588. The number of pyridine rings is 1. The largest absolute Gasteiger partial charge is 0.359 e. The van der Waals surface area contributed by atoms with E-state index in [0.29, 0.717) is 5.92 Å². The van der Waals surface area contributed by atoms with Crippen molar-refractivity contribution in [3.63, 3.8) is 0 Å². The quantitative estimate of drug-likeness (QED) is 0.811. The Morgan fingerprint density at radius 3 is 2.61 bits per heavy atom. The van der Waals surface area contributed by atoms with Crippen molar-refractivity contribution < 1.29 is 0 Å². The van der Waals surface area contributed by atoms with Crippen molar-refractivity contribution in [3.05, 3.63) is 30.1 Å². The maximum absolute atomic E-state index is 4.60. The van der Waals surface area contributed by atoms with Crippen molar-refractivity contribution in [2.75, 3.05) is 32.1 Å². The fraction of sp³-hybridized carbons (Fsp3) is 0.556. The molecule has 0 saturated carbocycles. The molecule has 0 unspecified atom stereocenters. The molecule has 0 aliphatic carbocycles. The maximum Gasteiger partial charge on any atom is 0.128 e. The van der Waals surface area contributed by atoms with E-state index in [1.165, 1.54) is 5.56 Å². The smallest absolute Gasteiger partial charge is 0.128 e. The van der Waals surface area contributed by atoms with Crippen molar-refractivity contribution in [2.45, 2.75) is 33.7 Å². The van der Waals surface area contributed by atoms with Crippen LogP contribution in [0.4, 0.5) is 5.82 Å². The molecule has 0 amide bonds. The normalized spacial score (nSPS) is 11.4. The first-order chi connectivity index (χ1) is 11.0. The minimum absolute atomic E-state index is 0.619. The summed E-state index contributed by atoms with van der Waals surface area (Å²) in [5.41, 5.74) is 3.28. The first-order valence-corrected chi connectivity index (χ1v) is 8.40. The van der Waals surface area contributed by atoms with Gasteiger partial charge >= 0.3 is 0 Å². The van der Waals surface area contributed by atoms with Gasteiger partial charge < -0.3 is 9.80 Å². The molecule has 2 rings (SSSR count). The number of rotatable bonds is 8. The first kappa shape index (κ1) is 17.5. The molecule has 5 heteroatoms. The molecule has 2 heterocycles. The van der Waals surface area contributed by atoms with Gasteiger partial charge in [-0.1, -0.05) is 20.8 Å². The second-order valence-electron chi connectivity index (χ2n) is 6.68. The predicted octanol–water partition coefficient (Wildman–Crippen LogP) is 3.41. The third-order valence-corrected chi connectivity index (χ3v) is 3.82. The van der Waals surface area contributed by atoms with Gasteiger partial charge in [-0.2, -0.15) is 5.10 Å². The van der Waals surface area contributed by atoms with Gasteiger partial charge in [0.05, 0.1) is 5.69 Å². The minimum atomic E-state index is 0.619. The number of aromatic amines is 1. The van der Waals surface area contributed by atoms with Crippen LogP contribution in [0.25, 0.3) is 11.3 Å². The maximum atomic E-state index is 4.60. The van der Waals surface area contributed by atoms with Gasteiger partial charge in [-0.05, 0) is 38.1 Å². The number of nitrogens with zero attached hydrogens (tertiary/aromatic N) is 4. The van der Waals surface area contributed by atoms with Gasteiger partial charge in [0.25, 0.3) is 0 Å². The highest BCUT2D eigenvalue weighted by atomic mass is 15.2. The van der Waals surface area contributed by atoms with E-state index in [9.17, 15) is 0 Å². The van der Waals surface area contributed by atoms with E-state index in [2.05, 4.69) is 72.0 Å². The molecule has 0 atom stereocenters. The molecular formula is C18H29N5. The Morgan fingerprint density at radius 2 is 2.00 bits per heavy atom. The lowest BCUT2D eigenvalue weighted by Gasteiger charge is -2.20. The lowest BCUT2D eigenvalue weighted by molar-refractivity contribution is 0.328. The fourth-order valence-corrected chi connectivity index (χ4v) is 2.83. The molecule has 2 aromatic rings. The summed E-state index contributed by atoms with van der Waals surface area (Å²) in [4.78, 5) is 9.10. The molecule has 0 bridgehead atoms. The van der Waals surface area contributed by atoms with E-state index in [1.54, 1.807) is 0 Å². The standard InChI is InChI=1S/C18H29N5/c1-6-9-22(4)13-16-11-20-21-18(16)15-7-8-17(19-10-15)23(5)12-14(2)3/h7-8,10-11,14H,6,9,12-13H2,1-5H3,(H,20,21). The first-order valence-electron chi connectivity index (χ1n) is 8.40. The summed E-state index contributed by atoms with van der Waals surface area (Å²) in [6.07, 6.45) is 5.06. The summed E-state index contributed by atoms with van der Waals surface area (Å²) in [7, 11) is 4.23. The molecule has 23 heavy (non-hydrogen) atoms. The van der Waals surface area contributed by atoms with Crippen molar-refractivity contribution >= 4 is 5.82 Å². The van der Waals surface area contributed by atoms with E-state index >= 15 is 0 Å². The average Bonchev–Trinajstić information content (AvgIpc) is 2.95. The van der Waals surface area contributed by atoms with Crippen molar-refractivity contribution in [1.82, 2.24) is 20.1 Å². The molecule has 0 aliphatic rings. The Kier molecular flexibility index (Phi) is 6.16. The highest BCUT2D eigenvalue weighted by Crippen LogP contribution is 2.23. The molecule has 126 valence electrons. The number of hydrogen-bond donors (Lipinski definition) is 1. The van der Waals surface area contributed by atoms with Gasteiger partial charge in [-0.3, -0.25) is 5.10 Å². The predicted molar refractivity (Wildman–Crippen MR) is 96.6 cm³/mol. The van der Waals surface area contributed by atoms with Crippen LogP contribution < -0.4 is 4.90 Å². The van der Waals surface area contributed by atoms with Crippen LogP contribution in [0.15, 0.2) is 24.5 Å². The van der Waals surface area contributed by atoms with Crippen LogP contribution in [0.3, 0.4) is 0 Å². The zero-order valence-corrected chi connectivity index (χ0v) is 15.0. The van der Waals surface area contributed by atoms with E-state index < -0.39 is 0 Å². The molecule has 0 aliphatic heterocycles. The Balaban J connectivity index is 2.12. The zero-order valence-electron chi connectivity index (χ0n) is 15.0. The number of anilines is 1. The third-order valence-electron chi connectivity index (χ3n) is 3.82. The Labute approximate surface area is 139 Å². The summed E-state index contributed by atoms with van der Waals surface area (Å²) in [6.45, 7) is 9.61. The highest BCUT2D eigenvalue weighted by molar-refractivity contribution is 5.63. The molecule has 0 aromatic carbocycles. The third kappa shape index (κ3) is 4.79. The zero-order chi connectivity index (χ0) is 16.8. The Hall–Kier alpha value is -1.88. The van der Waals surface area contributed by atoms with Crippen molar-refractivity contribution in [2.24, 2.45) is 5.92 Å². The van der Waals surface area contributed by atoms with Gasteiger partial charge in [-0.15, -0.1) is 0 Å². The molecular weight excluding hydrogens is 286 g/mol. The number of hydrogen-bond acceptors (Lipinski definition) is 4. The van der Waals surface area contributed by atoms with Crippen LogP contribution >= 0.6 is 0 Å². The molecule has 2 aromatic heterocycles. The highest BCUT2D eigenvalue weighted by Gasteiger charge is 2.12. The van der Waals surface area contributed by atoms with E-state index in [4.69, 9.17) is 0 Å². The summed E-state index contributed by atoms with van der Waals surface area (Å²) >= 11 is 0. The molecule has 5 nitrogen and oxygen atoms in total. The van der Waals surface area contributed by atoms with Crippen LogP contribution in [0.2, 0.25) is 0 Å². The van der Waals surface area contributed by atoms with Crippen LogP contribution in [0, 0.1) is 5.92 Å². The summed E-state index contributed by atoms with van der Waals surface area (Å²) in [6, 6.07) is 4.19. The lowest BCUT2D eigenvalue weighted by Crippen LogP contribution is -2.23. The van der Waals surface area contributed by atoms with Gasteiger partial charge in [0.2, 0.25) is 0 Å². The SMILES string of the molecule is CCCN(C)Cc1c[nH]nc1-c1ccc(N(C)CC(C)C)nc1. The van der Waals surface area contributed by atoms with Gasteiger partial charge in [-0.25, -0.2) is 4.98 Å². The summed E-state index contributed by atoms with van der Waals surface area (Å²) < 4.78 is 0. The second-order valence-corrected chi connectivity index (χ2v) is 6.68. The van der Waals surface area contributed by atoms with Crippen LogP contribution in [-0.2, 0) is 6.54 Å². The average molecular weight is 315 g/mol. The van der Waals surface area contributed by atoms with Crippen LogP contribution in [-0.4, -0.2) is 47.3 Å². The van der Waals surface area contributed by atoms with Crippen LogP contribution in [0.5, 0.6) is 0 Å². The topological polar surface area (TPSA) is 48.1 Å². The molecule has 0 radical (unpaired) electrons. The number of nitrogens with one attached hydrogen (secondary N) is 1. The summed E-state index contributed by atoms with van der Waals surface area (Å²) in [5, 5.41) is 7.41. The summed E-state index contributed by atoms with van der Waals surface area (Å²) in [5.74, 6) is 1.62. The van der Waals surface area contributed by atoms with Crippen molar-refractivity contribution in [3.8, 4) is 11.3 Å². The van der Waals surface area contributed by atoms with Gasteiger partial charge in [0, 0.05) is 43.7 Å².